The van der Waals surface area contributed by atoms with Gasteiger partial charge in [0.15, 0.2) is 0 Å². The number of rotatable bonds is 8. The number of alkyl halides is 3. The van der Waals surface area contributed by atoms with E-state index in [2.05, 4.69) is 5.32 Å². The van der Waals surface area contributed by atoms with Crippen LogP contribution in [0.5, 0.6) is 0 Å². The molecule has 0 aliphatic carbocycles. The maximum Gasteiger partial charge on any atom is 0.418 e. The Morgan fingerprint density at radius 3 is 2.21 bits per heavy atom. The van der Waals surface area contributed by atoms with Crippen molar-refractivity contribution in [2.24, 2.45) is 0 Å². The number of amides is 1. The van der Waals surface area contributed by atoms with Gasteiger partial charge < -0.3 is 5.32 Å². The summed E-state index contributed by atoms with van der Waals surface area (Å²) in [6.07, 6.45) is -2.90. The second-order valence-corrected chi connectivity index (χ2v) is 8.35. The molecule has 0 fully saturated rings. The number of hydrogen-bond acceptors (Lipinski definition) is 3. The number of likely N-dealkylation sites (N-methyl/N-ethyl adjacent to an activating group) is 1. The van der Waals surface area contributed by atoms with Gasteiger partial charge in [-0.2, -0.15) is 17.5 Å². The molecule has 0 spiro atoms. The smallest absolute Gasteiger partial charge is 0.324 e. The van der Waals surface area contributed by atoms with E-state index in [1.54, 1.807) is 19.1 Å². The van der Waals surface area contributed by atoms with Gasteiger partial charge in [-0.3, -0.25) is 4.79 Å². The molecular weight excluding hydrogens is 405 g/mol. The Balaban J connectivity index is 2.18. The Morgan fingerprint density at radius 1 is 1.03 bits per heavy atom. The van der Waals surface area contributed by atoms with Crippen molar-refractivity contribution in [3.8, 4) is 0 Å². The summed E-state index contributed by atoms with van der Waals surface area (Å²) in [5.41, 5.74) is -0.413. The number of anilines is 1. The second kappa shape index (κ2) is 9.41. The van der Waals surface area contributed by atoms with E-state index in [1.165, 1.54) is 24.3 Å². The molecule has 0 saturated heterocycles. The molecule has 0 radical (unpaired) electrons. The standard InChI is InChI=1S/C20H23F3N2O3S/c1-3-7-15-10-12-16(13-11-15)29(27,28)25(4-2)14-19(26)24-18-9-6-5-8-17(18)20(21,22)23/h5-6,8-13H,3-4,7,14H2,1-2H3,(H,24,26). The fourth-order valence-corrected chi connectivity index (χ4v) is 4.23. The lowest BCUT2D eigenvalue weighted by atomic mass is 10.1. The van der Waals surface area contributed by atoms with Gasteiger partial charge in [-0.15, -0.1) is 0 Å². The van der Waals surface area contributed by atoms with Crippen LogP contribution in [0.1, 0.15) is 31.4 Å². The Labute approximate surface area is 168 Å². The van der Waals surface area contributed by atoms with E-state index < -0.39 is 39.9 Å². The third kappa shape index (κ3) is 5.80. The highest BCUT2D eigenvalue weighted by molar-refractivity contribution is 7.89. The number of nitrogens with one attached hydrogen (secondary N) is 1. The Kier molecular flexibility index (Phi) is 7.43. The van der Waals surface area contributed by atoms with Gasteiger partial charge in [0.25, 0.3) is 0 Å². The number of carbonyl (C=O) groups is 1. The van der Waals surface area contributed by atoms with Gasteiger partial charge in [-0.1, -0.05) is 44.5 Å². The summed E-state index contributed by atoms with van der Waals surface area (Å²) < 4.78 is 65.8. The molecule has 0 aliphatic heterocycles. The van der Waals surface area contributed by atoms with Crippen molar-refractivity contribution in [2.75, 3.05) is 18.4 Å². The molecule has 158 valence electrons. The molecule has 1 amide bonds. The minimum absolute atomic E-state index is 0.00657. The molecule has 2 rings (SSSR count). The molecule has 0 aliphatic rings. The molecule has 0 heterocycles. The average molecular weight is 428 g/mol. The lowest BCUT2D eigenvalue weighted by molar-refractivity contribution is -0.137. The summed E-state index contributed by atoms with van der Waals surface area (Å²) in [4.78, 5) is 12.3. The van der Waals surface area contributed by atoms with Crippen molar-refractivity contribution in [3.63, 3.8) is 0 Å². The summed E-state index contributed by atoms with van der Waals surface area (Å²) in [5.74, 6) is -0.852. The monoisotopic (exact) mass is 428 g/mol. The molecule has 1 N–H and O–H groups in total. The SMILES string of the molecule is CCCc1ccc(S(=O)(=O)N(CC)CC(=O)Nc2ccccc2C(F)(F)F)cc1. The van der Waals surface area contributed by atoms with Crippen LogP contribution >= 0.6 is 0 Å². The van der Waals surface area contributed by atoms with Crippen LogP contribution in [0.4, 0.5) is 18.9 Å². The van der Waals surface area contributed by atoms with Crippen molar-refractivity contribution >= 4 is 21.6 Å². The fraction of sp³-hybridized carbons (Fsp3) is 0.350. The number of halogens is 3. The maximum absolute atomic E-state index is 13.1. The second-order valence-electron chi connectivity index (χ2n) is 6.42. The summed E-state index contributed by atoms with van der Waals surface area (Å²) in [6, 6.07) is 10.9. The Morgan fingerprint density at radius 2 is 1.66 bits per heavy atom. The molecule has 0 bridgehead atoms. The molecule has 2 aromatic carbocycles. The first-order valence-electron chi connectivity index (χ1n) is 9.14. The number of aryl methyl sites for hydroxylation is 1. The molecule has 9 heteroatoms. The van der Waals surface area contributed by atoms with E-state index in [0.29, 0.717) is 0 Å². The topological polar surface area (TPSA) is 66.5 Å². The van der Waals surface area contributed by atoms with Gasteiger partial charge in [0.1, 0.15) is 0 Å². The Hall–Kier alpha value is -2.39. The minimum Gasteiger partial charge on any atom is -0.324 e. The summed E-state index contributed by atoms with van der Waals surface area (Å²) in [5, 5.41) is 2.17. The Bertz CT molecular complexity index is 942. The highest BCUT2D eigenvalue weighted by atomic mass is 32.2. The first kappa shape index (κ1) is 22.9. The van der Waals surface area contributed by atoms with E-state index >= 15 is 0 Å². The lowest BCUT2D eigenvalue weighted by Crippen LogP contribution is -2.38. The highest BCUT2D eigenvalue weighted by Gasteiger charge is 2.34. The largest absolute Gasteiger partial charge is 0.418 e. The molecule has 2 aromatic rings. The van der Waals surface area contributed by atoms with Crippen LogP contribution in [0.2, 0.25) is 0 Å². The van der Waals surface area contributed by atoms with Crippen molar-refractivity contribution in [2.45, 2.75) is 37.8 Å². The number of para-hydroxylation sites is 1. The van der Waals surface area contributed by atoms with Crippen LogP contribution in [-0.2, 0) is 27.4 Å². The lowest BCUT2D eigenvalue weighted by Gasteiger charge is -2.21. The average Bonchev–Trinajstić information content (AvgIpc) is 2.66. The third-order valence-electron chi connectivity index (χ3n) is 4.28. The van der Waals surface area contributed by atoms with E-state index in [1.807, 2.05) is 6.92 Å². The number of sulfonamides is 1. The van der Waals surface area contributed by atoms with Crippen molar-refractivity contribution in [3.05, 3.63) is 59.7 Å². The number of benzene rings is 2. The molecule has 0 unspecified atom stereocenters. The number of nitrogens with zero attached hydrogens (tertiary/aromatic N) is 1. The summed E-state index contributed by atoms with van der Waals surface area (Å²) in [6.45, 7) is 2.97. The quantitative estimate of drug-likeness (QED) is 0.682. The molecular formula is C20H23F3N2O3S. The predicted molar refractivity (Wildman–Crippen MR) is 105 cm³/mol. The minimum atomic E-state index is -4.64. The van der Waals surface area contributed by atoms with Crippen LogP contribution in [0.25, 0.3) is 0 Å². The zero-order chi connectivity index (χ0) is 21.7. The zero-order valence-electron chi connectivity index (χ0n) is 16.2. The van der Waals surface area contributed by atoms with Crippen LogP contribution in [0.3, 0.4) is 0 Å². The number of carbonyl (C=O) groups excluding carboxylic acids is 1. The van der Waals surface area contributed by atoms with Gasteiger partial charge in [0.05, 0.1) is 22.7 Å². The van der Waals surface area contributed by atoms with Crippen molar-refractivity contribution in [1.29, 1.82) is 0 Å². The first-order valence-corrected chi connectivity index (χ1v) is 10.6. The van der Waals surface area contributed by atoms with E-state index in [4.69, 9.17) is 0 Å². The molecule has 5 nitrogen and oxygen atoms in total. The fourth-order valence-electron chi connectivity index (χ4n) is 2.82. The predicted octanol–water partition coefficient (Wildman–Crippen LogP) is 4.31. The number of hydrogen-bond donors (Lipinski definition) is 1. The molecule has 29 heavy (non-hydrogen) atoms. The summed E-state index contributed by atoms with van der Waals surface area (Å²) >= 11 is 0. The van der Waals surface area contributed by atoms with Gasteiger partial charge >= 0.3 is 6.18 Å². The van der Waals surface area contributed by atoms with E-state index in [-0.39, 0.29) is 11.4 Å². The van der Waals surface area contributed by atoms with E-state index in [0.717, 1.165) is 34.8 Å². The molecule has 0 saturated carbocycles. The normalized spacial score (nSPS) is 12.2. The van der Waals surface area contributed by atoms with Crippen molar-refractivity contribution < 1.29 is 26.4 Å². The van der Waals surface area contributed by atoms with E-state index in [9.17, 15) is 26.4 Å². The van der Waals surface area contributed by atoms with Crippen LogP contribution in [0, 0.1) is 0 Å². The third-order valence-corrected chi connectivity index (χ3v) is 6.21. The summed E-state index contributed by atoms with van der Waals surface area (Å²) in [7, 11) is -3.96. The molecule has 0 atom stereocenters. The van der Waals surface area contributed by atoms with Gasteiger partial charge in [0.2, 0.25) is 15.9 Å². The maximum atomic E-state index is 13.1. The molecule has 0 aromatic heterocycles. The van der Waals surface area contributed by atoms with Gasteiger partial charge in [0, 0.05) is 6.54 Å². The van der Waals surface area contributed by atoms with Crippen LogP contribution in [0.15, 0.2) is 53.4 Å². The van der Waals surface area contributed by atoms with Crippen LogP contribution in [-0.4, -0.2) is 31.7 Å². The van der Waals surface area contributed by atoms with Crippen molar-refractivity contribution in [1.82, 2.24) is 4.31 Å². The first-order chi connectivity index (χ1) is 13.6. The highest BCUT2D eigenvalue weighted by Crippen LogP contribution is 2.34. The van der Waals surface area contributed by atoms with Gasteiger partial charge in [-0.05, 0) is 36.2 Å². The zero-order valence-corrected chi connectivity index (χ0v) is 17.0. The van der Waals surface area contributed by atoms with Crippen LogP contribution < -0.4 is 5.32 Å². The van der Waals surface area contributed by atoms with Gasteiger partial charge in [-0.25, -0.2) is 8.42 Å².